The lowest BCUT2D eigenvalue weighted by Gasteiger charge is -2.19. The summed E-state index contributed by atoms with van der Waals surface area (Å²) in [5.41, 5.74) is 1.90. The van der Waals surface area contributed by atoms with Gasteiger partial charge in [0.2, 0.25) is 0 Å². The predicted molar refractivity (Wildman–Crippen MR) is 69.4 cm³/mol. The summed E-state index contributed by atoms with van der Waals surface area (Å²) in [6, 6.07) is 7.69. The van der Waals surface area contributed by atoms with Crippen molar-refractivity contribution in [1.82, 2.24) is 0 Å². The number of rotatable bonds is 4. The molecule has 4 heteroatoms. The molecule has 0 atom stereocenters. The smallest absolute Gasteiger partial charge is 0.412 e. The maximum Gasteiger partial charge on any atom is 0.412 e. The molecule has 88 valence electrons. The van der Waals surface area contributed by atoms with E-state index in [0.717, 1.165) is 11.3 Å². The van der Waals surface area contributed by atoms with Gasteiger partial charge in [-0.15, -0.1) is 11.8 Å². The van der Waals surface area contributed by atoms with Crippen molar-refractivity contribution in [3.63, 3.8) is 0 Å². The van der Waals surface area contributed by atoms with Crippen molar-refractivity contribution in [2.24, 2.45) is 0 Å². The van der Waals surface area contributed by atoms with Gasteiger partial charge < -0.3 is 5.11 Å². The monoisotopic (exact) mass is 239 g/mol. The van der Waals surface area contributed by atoms with Crippen molar-refractivity contribution in [3.05, 3.63) is 29.8 Å². The van der Waals surface area contributed by atoms with Crippen LogP contribution in [0.4, 0.5) is 10.5 Å². The van der Waals surface area contributed by atoms with Gasteiger partial charge in [0.05, 0.1) is 5.88 Å². The van der Waals surface area contributed by atoms with E-state index >= 15 is 0 Å². The Labute approximate surface area is 100 Å². The van der Waals surface area contributed by atoms with E-state index in [1.807, 2.05) is 30.5 Å². The predicted octanol–water partition coefficient (Wildman–Crippen LogP) is 3.61. The highest BCUT2D eigenvalue weighted by Crippen LogP contribution is 2.22. The lowest BCUT2D eigenvalue weighted by atomic mass is 10.0. The Morgan fingerprint density at radius 1 is 1.50 bits per heavy atom. The Morgan fingerprint density at radius 2 is 2.19 bits per heavy atom. The summed E-state index contributed by atoms with van der Waals surface area (Å²) in [7, 11) is 0. The first-order valence-corrected chi connectivity index (χ1v) is 6.55. The van der Waals surface area contributed by atoms with Gasteiger partial charge in [-0.1, -0.05) is 26.0 Å². The highest BCUT2D eigenvalue weighted by molar-refractivity contribution is 7.98. The van der Waals surface area contributed by atoms with Crippen LogP contribution in [-0.4, -0.2) is 23.3 Å². The van der Waals surface area contributed by atoms with E-state index in [1.54, 1.807) is 0 Å². The van der Waals surface area contributed by atoms with Crippen LogP contribution in [0.1, 0.15) is 25.3 Å². The molecule has 1 aromatic carbocycles. The van der Waals surface area contributed by atoms with E-state index < -0.39 is 6.09 Å². The number of thioether (sulfide) groups is 1. The quantitative estimate of drug-likeness (QED) is 0.816. The summed E-state index contributed by atoms with van der Waals surface area (Å²) in [5.74, 6) is 0.863. The van der Waals surface area contributed by atoms with Gasteiger partial charge in [0.25, 0.3) is 0 Å². The summed E-state index contributed by atoms with van der Waals surface area (Å²) in [5, 5.41) is 9.10. The fourth-order valence-corrected chi connectivity index (χ4v) is 1.94. The number of amides is 1. The van der Waals surface area contributed by atoms with Gasteiger partial charge in [-0.05, 0) is 29.9 Å². The molecule has 1 rings (SSSR count). The number of hydrogen-bond acceptors (Lipinski definition) is 2. The summed E-state index contributed by atoms with van der Waals surface area (Å²) in [6.07, 6.45) is 0.984. The molecule has 16 heavy (non-hydrogen) atoms. The van der Waals surface area contributed by atoms with E-state index in [4.69, 9.17) is 5.11 Å². The van der Waals surface area contributed by atoms with E-state index in [2.05, 4.69) is 13.8 Å². The van der Waals surface area contributed by atoms with Crippen molar-refractivity contribution in [3.8, 4) is 0 Å². The van der Waals surface area contributed by atoms with E-state index in [1.165, 1.54) is 16.7 Å². The molecule has 1 amide bonds. The highest BCUT2D eigenvalue weighted by atomic mass is 32.2. The third-order valence-electron chi connectivity index (χ3n) is 2.34. The fraction of sp³-hybridized carbons (Fsp3) is 0.417. The second kappa shape index (κ2) is 5.80. The average molecular weight is 239 g/mol. The summed E-state index contributed by atoms with van der Waals surface area (Å²) in [6.45, 7) is 4.19. The Morgan fingerprint density at radius 3 is 2.69 bits per heavy atom. The number of hydrogen-bond donors (Lipinski definition) is 1. The van der Waals surface area contributed by atoms with Gasteiger partial charge in [-0.25, -0.2) is 4.79 Å². The highest BCUT2D eigenvalue weighted by Gasteiger charge is 2.14. The normalized spacial score (nSPS) is 10.5. The minimum atomic E-state index is -0.907. The molecule has 0 aliphatic rings. The molecule has 0 aliphatic carbocycles. The van der Waals surface area contributed by atoms with Gasteiger partial charge in [0.1, 0.15) is 0 Å². The molecular formula is C12H17NO2S. The molecule has 3 nitrogen and oxygen atoms in total. The summed E-state index contributed by atoms with van der Waals surface area (Å²) in [4.78, 5) is 12.4. The van der Waals surface area contributed by atoms with Crippen LogP contribution in [0.5, 0.6) is 0 Å². The molecule has 1 aromatic rings. The fourth-order valence-electron chi connectivity index (χ4n) is 1.42. The van der Waals surface area contributed by atoms with Crippen LogP contribution < -0.4 is 4.90 Å². The van der Waals surface area contributed by atoms with Crippen LogP contribution in [0.15, 0.2) is 24.3 Å². The zero-order valence-corrected chi connectivity index (χ0v) is 10.6. The maximum absolute atomic E-state index is 11.1. The number of benzene rings is 1. The second-order valence-electron chi connectivity index (χ2n) is 3.88. The molecule has 0 fully saturated rings. The number of carbonyl (C=O) groups is 1. The molecule has 0 heterocycles. The van der Waals surface area contributed by atoms with Crippen LogP contribution in [0.3, 0.4) is 0 Å². The van der Waals surface area contributed by atoms with Crippen molar-refractivity contribution < 1.29 is 9.90 Å². The number of nitrogens with zero attached hydrogens (tertiary/aromatic N) is 1. The summed E-state index contributed by atoms with van der Waals surface area (Å²) >= 11 is 1.49. The largest absolute Gasteiger partial charge is 0.465 e. The van der Waals surface area contributed by atoms with Crippen LogP contribution in [0.2, 0.25) is 0 Å². The first-order valence-electron chi connectivity index (χ1n) is 5.15. The molecule has 0 unspecified atom stereocenters. The van der Waals surface area contributed by atoms with Crippen LogP contribution in [0, 0.1) is 0 Å². The van der Waals surface area contributed by atoms with E-state index in [9.17, 15) is 4.79 Å². The molecule has 0 spiro atoms. The average Bonchev–Trinajstić information content (AvgIpc) is 2.25. The third kappa shape index (κ3) is 3.17. The molecule has 0 bridgehead atoms. The molecule has 0 saturated carbocycles. The lowest BCUT2D eigenvalue weighted by molar-refractivity contribution is 0.203. The van der Waals surface area contributed by atoms with Crippen molar-refractivity contribution in [1.29, 1.82) is 0 Å². The molecular weight excluding hydrogens is 222 g/mol. The van der Waals surface area contributed by atoms with Crippen LogP contribution >= 0.6 is 11.8 Å². The standard InChI is InChI=1S/C12H17NO2S/c1-9(2)10-5-4-6-11(7-10)13(8-16-3)12(14)15/h4-7,9H,8H2,1-3H3,(H,14,15). The first kappa shape index (κ1) is 12.9. The number of anilines is 1. The minimum absolute atomic E-state index is 0.407. The zero-order valence-electron chi connectivity index (χ0n) is 9.80. The maximum atomic E-state index is 11.1. The van der Waals surface area contributed by atoms with Crippen LogP contribution in [-0.2, 0) is 0 Å². The topological polar surface area (TPSA) is 40.5 Å². The lowest BCUT2D eigenvalue weighted by Crippen LogP contribution is -2.28. The van der Waals surface area contributed by atoms with Gasteiger partial charge >= 0.3 is 6.09 Å². The van der Waals surface area contributed by atoms with E-state index in [0.29, 0.717) is 11.8 Å². The molecule has 0 saturated heterocycles. The van der Waals surface area contributed by atoms with Crippen molar-refractivity contribution in [2.75, 3.05) is 17.0 Å². The van der Waals surface area contributed by atoms with Crippen molar-refractivity contribution >= 4 is 23.5 Å². The van der Waals surface area contributed by atoms with E-state index in [-0.39, 0.29) is 0 Å². The Balaban J connectivity index is 3.00. The zero-order chi connectivity index (χ0) is 12.1. The molecule has 1 N–H and O–H groups in total. The minimum Gasteiger partial charge on any atom is -0.465 e. The Bertz CT molecular complexity index is 366. The van der Waals surface area contributed by atoms with Crippen LogP contribution in [0.25, 0.3) is 0 Å². The second-order valence-corrected chi connectivity index (χ2v) is 4.71. The molecule has 0 aromatic heterocycles. The third-order valence-corrected chi connectivity index (χ3v) is 2.85. The Hall–Kier alpha value is -1.16. The first-order chi connectivity index (χ1) is 7.56. The number of carboxylic acid groups (broad SMARTS) is 1. The SMILES string of the molecule is CSCN(C(=O)O)c1cccc(C(C)C)c1. The van der Waals surface area contributed by atoms with Gasteiger partial charge in [0, 0.05) is 5.69 Å². The van der Waals surface area contributed by atoms with Gasteiger partial charge in [0.15, 0.2) is 0 Å². The Kier molecular flexibility index (Phi) is 4.68. The molecule has 0 aliphatic heterocycles. The van der Waals surface area contributed by atoms with Gasteiger partial charge in [-0.3, -0.25) is 4.90 Å². The summed E-state index contributed by atoms with van der Waals surface area (Å²) < 4.78 is 0. The van der Waals surface area contributed by atoms with Crippen molar-refractivity contribution in [2.45, 2.75) is 19.8 Å². The molecule has 0 radical (unpaired) electrons. The van der Waals surface area contributed by atoms with Gasteiger partial charge in [-0.2, -0.15) is 0 Å².